The summed E-state index contributed by atoms with van der Waals surface area (Å²) >= 11 is 11.7. The van der Waals surface area contributed by atoms with Crippen molar-refractivity contribution in [1.82, 2.24) is 4.57 Å². The van der Waals surface area contributed by atoms with Gasteiger partial charge in [0.05, 0.1) is 5.52 Å². The van der Waals surface area contributed by atoms with E-state index in [2.05, 4.69) is 80.2 Å². The minimum absolute atomic E-state index is 0.941. The molecule has 3 rings (SSSR count). The first-order valence-corrected chi connectivity index (χ1v) is 7.75. The third kappa shape index (κ3) is 1.82. The van der Waals surface area contributed by atoms with Crippen molar-refractivity contribution in [2.24, 2.45) is 0 Å². The number of fused-ring (bicyclic) bond motifs is 3. The van der Waals surface area contributed by atoms with Gasteiger partial charge in [0, 0.05) is 36.7 Å². The second-order valence-electron chi connectivity index (χ2n) is 4.23. The van der Waals surface area contributed by atoms with Gasteiger partial charge in [-0.15, -0.1) is 12.6 Å². The largest absolute Gasteiger partial charge is 0.340 e. The van der Waals surface area contributed by atoms with Gasteiger partial charge in [-0.2, -0.15) is 0 Å². The van der Waals surface area contributed by atoms with Gasteiger partial charge in [0.2, 0.25) is 0 Å². The smallest absolute Gasteiger partial charge is 0.0627 e. The fourth-order valence-electron chi connectivity index (χ4n) is 2.48. The molecule has 0 aliphatic carbocycles. The number of benzene rings is 2. The molecule has 2 aromatic carbocycles. The van der Waals surface area contributed by atoms with Crippen molar-refractivity contribution in [1.29, 1.82) is 0 Å². The molecule has 0 saturated heterocycles. The Balaban J connectivity index is 2.61. The van der Waals surface area contributed by atoms with Crippen LogP contribution in [0.3, 0.4) is 0 Å². The maximum Gasteiger partial charge on any atom is 0.0627 e. The van der Waals surface area contributed by atoms with Crippen molar-refractivity contribution in [3.05, 3.63) is 39.3 Å². The lowest BCUT2D eigenvalue weighted by molar-refractivity contribution is 0.821. The highest BCUT2D eigenvalue weighted by Crippen LogP contribution is 2.36. The Morgan fingerprint density at radius 1 is 1.06 bits per heavy atom. The number of nitrogens with zero attached hydrogens (tertiary/aromatic N) is 1. The lowest BCUT2D eigenvalue weighted by atomic mass is 10.1. The van der Waals surface area contributed by atoms with E-state index in [0.717, 1.165) is 20.4 Å². The van der Waals surface area contributed by atoms with Crippen molar-refractivity contribution in [2.75, 3.05) is 0 Å². The molecule has 1 nitrogen and oxygen atoms in total. The molecule has 0 amide bonds. The van der Waals surface area contributed by atoms with Gasteiger partial charge < -0.3 is 4.57 Å². The molecule has 4 heteroatoms. The predicted molar refractivity (Wildman–Crippen MR) is 87.8 cm³/mol. The number of halogens is 2. The van der Waals surface area contributed by atoms with Gasteiger partial charge in [0.1, 0.15) is 0 Å². The minimum atomic E-state index is 0.941. The van der Waals surface area contributed by atoms with Crippen LogP contribution in [0.15, 0.2) is 44.2 Å². The van der Waals surface area contributed by atoms with Crippen LogP contribution in [0.25, 0.3) is 21.8 Å². The van der Waals surface area contributed by atoms with Crippen LogP contribution in [0.4, 0.5) is 0 Å². The molecule has 3 aromatic rings. The van der Waals surface area contributed by atoms with Crippen molar-refractivity contribution in [2.45, 2.75) is 18.4 Å². The SMILES string of the molecule is CCn1c2ccc(Br)cc2c2cc(Br)cc(S)c21. The molecule has 18 heavy (non-hydrogen) atoms. The summed E-state index contributed by atoms with van der Waals surface area (Å²) in [4.78, 5) is 1.01. The Bertz CT molecular complexity index is 761. The Kier molecular flexibility index (Phi) is 3.20. The Hall–Kier alpha value is -0.450. The fraction of sp³-hybridized carbons (Fsp3) is 0.143. The van der Waals surface area contributed by atoms with Crippen LogP contribution in [-0.2, 0) is 6.54 Å². The van der Waals surface area contributed by atoms with E-state index in [1.54, 1.807) is 0 Å². The van der Waals surface area contributed by atoms with Gasteiger partial charge in [-0.05, 0) is 37.3 Å². The van der Waals surface area contributed by atoms with Gasteiger partial charge in [-0.1, -0.05) is 31.9 Å². The second-order valence-corrected chi connectivity index (χ2v) is 6.54. The zero-order valence-corrected chi connectivity index (χ0v) is 13.8. The molecule has 0 N–H and O–H groups in total. The first kappa shape index (κ1) is 12.6. The fourth-order valence-corrected chi connectivity index (χ4v) is 3.86. The van der Waals surface area contributed by atoms with Crippen molar-refractivity contribution in [3.8, 4) is 0 Å². The van der Waals surface area contributed by atoms with Crippen LogP contribution < -0.4 is 0 Å². The number of aryl methyl sites for hydroxylation is 1. The lowest BCUT2D eigenvalue weighted by Crippen LogP contribution is -1.93. The summed E-state index contributed by atoms with van der Waals surface area (Å²) in [6.07, 6.45) is 0. The van der Waals surface area contributed by atoms with Crippen LogP contribution in [0.2, 0.25) is 0 Å². The van der Waals surface area contributed by atoms with E-state index in [-0.39, 0.29) is 0 Å². The highest BCUT2D eigenvalue weighted by molar-refractivity contribution is 9.10. The molecule has 0 atom stereocenters. The van der Waals surface area contributed by atoms with Gasteiger partial charge in [-0.25, -0.2) is 0 Å². The maximum atomic E-state index is 4.62. The van der Waals surface area contributed by atoms with E-state index >= 15 is 0 Å². The molecular formula is C14H11Br2NS. The standard InChI is InChI=1S/C14H11Br2NS/c1-2-17-12-4-3-8(15)5-10(12)11-6-9(16)7-13(18)14(11)17/h3-7,18H,2H2,1H3. The summed E-state index contributed by atoms with van der Waals surface area (Å²) < 4.78 is 4.48. The summed E-state index contributed by atoms with van der Waals surface area (Å²) in [6, 6.07) is 10.6. The Morgan fingerprint density at radius 3 is 2.50 bits per heavy atom. The molecule has 1 heterocycles. The second kappa shape index (κ2) is 4.58. The summed E-state index contributed by atoms with van der Waals surface area (Å²) in [5.41, 5.74) is 2.46. The molecule has 0 bridgehead atoms. The zero-order valence-electron chi connectivity index (χ0n) is 9.74. The molecule has 0 unspecified atom stereocenters. The number of rotatable bonds is 1. The number of aromatic nitrogens is 1. The normalized spacial score (nSPS) is 11.6. The van der Waals surface area contributed by atoms with Crippen molar-refractivity contribution in [3.63, 3.8) is 0 Å². The highest BCUT2D eigenvalue weighted by atomic mass is 79.9. The topological polar surface area (TPSA) is 4.93 Å². The van der Waals surface area contributed by atoms with Gasteiger partial charge in [-0.3, -0.25) is 0 Å². The average Bonchev–Trinajstić information content (AvgIpc) is 2.63. The molecule has 0 fully saturated rings. The highest BCUT2D eigenvalue weighted by Gasteiger charge is 2.12. The predicted octanol–water partition coefficient (Wildman–Crippen LogP) is 5.63. The lowest BCUT2D eigenvalue weighted by Gasteiger charge is -2.05. The zero-order chi connectivity index (χ0) is 12.9. The van der Waals surface area contributed by atoms with Gasteiger partial charge >= 0.3 is 0 Å². The number of hydrogen-bond acceptors (Lipinski definition) is 1. The van der Waals surface area contributed by atoms with E-state index in [4.69, 9.17) is 0 Å². The third-order valence-corrected chi connectivity index (χ3v) is 4.47. The molecule has 92 valence electrons. The van der Waals surface area contributed by atoms with E-state index in [0.29, 0.717) is 0 Å². The summed E-state index contributed by atoms with van der Waals surface area (Å²) in [6.45, 7) is 3.10. The van der Waals surface area contributed by atoms with Crippen molar-refractivity contribution >= 4 is 66.3 Å². The molecule has 1 aromatic heterocycles. The minimum Gasteiger partial charge on any atom is -0.340 e. The molecular weight excluding hydrogens is 374 g/mol. The van der Waals surface area contributed by atoms with E-state index in [1.807, 2.05) is 6.07 Å². The summed E-state index contributed by atoms with van der Waals surface area (Å²) in [7, 11) is 0. The van der Waals surface area contributed by atoms with Crippen LogP contribution in [0, 0.1) is 0 Å². The molecule has 0 aliphatic heterocycles. The van der Waals surface area contributed by atoms with Crippen LogP contribution in [0.1, 0.15) is 6.92 Å². The van der Waals surface area contributed by atoms with Gasteiger partial charge in [0.25, 0.3) is 0 Å². The van der Waals surface area contributed by atoms with E-state index < -0.39 is 0 Å². The van der Waals surface area contributed by atoms with Crippen LogP contribution in [-0.4, -0.2) is 4.57 Å². The first-order chi connectivity index (χ1) is 8.61. The average molecular weight is 385 g/mol. The van der Waals surface area contributed by atoms with Crippen LogP contribution in [0.5, 0.6) is 0 Å². The first-order valence-electron chi connectivity index (χ1n) is 5.71. The molecule has 0 spiro atoms. The monoisotopic (exact) mass is 383 g/mol. The summed E-state index contributed by atoms with van der Waals surface area (Å²) in [5, 5.41) is 2.50. The van der Waals surface area contributed by atoms with Crippen LogP contribution >= 0.6 is 44.5 Å². The van der Waals surface area contributed by atoms with E-state index in [1.165, 1.54) is 21.8 Å². The Labute approximate surface area is 128 Å². The van der Waals surface area contributed by atoms with E-state index in [9.17, 15) is 0 Å². The molecule has 0 radical (unpaired) electrons. The maximum absolute atomic E-state index is 4.62. The number of hydrogen-bond donors (Lipinski definition) is 1. The number of thiol groups is 1. The quantitative estimate of drug-likeness (QED) is 0.519. The Morgan fingerprint density at radius 2 is 1.78 bits per heavy atom. The third-order valence-electron chi connectivity index (χ3n) is 3.18. The molecule has 0 aliphatic rings. The van der Waals surface area contributed by atoms with Gasteiger partial charge in [0.15, 0.2) is 0 Å². The summed E-state index contributed by atoms with van der Waals surface area (Å²) in [5.74, 6) is 0. The van der Waals surface area contributed by atoms with Crippen molar-refractivity contribution < 1.29 is 0 Å². The molecule has 0 saturated carbocycles.